The summed E-state index contributed by atoms with van der Waals surface area (Å²) in [6.07, 6.45) is 5.06. The molecule has 2 heterocycles. The van der Waals surface area contributed by atoms with E-state index in [2.05, 4.69) is 4.98 Å². The molecular weight excluding hydrogens is 238 g/mol. The largest absolute Gasteiger partial charge is 0.399 e. The summed E-state index contributed by atoms with van der Waals surface area (Å²) in [6, 6.07) is 7.47. The topological polar surface area (TPSA) is 59.2 Å². The maximum absolute atomic E-state index is 12.5. The minimum Gasteiger partial charge on any atom is -0.399 e. The number of nitrogens with zero attached hydrogens (tertiary/aromatic N) is 2. The van der Waals surface area contributed by atoms with Crippen molar-refractivity contribution in [2.45, 2.75) is 19.3 Å². The summed E-state index contributed by atoms with van der Waals surface area (Å²) in [5.41, 5.74) is 7.02. The van der Waals surface area contributed by atoms with Gasteiger partial charge in [0.1, 0.15) is 5.69 Å². The van der Waals surface area contributed by atoms with Crippen molar-refractivity contribution in [2.75, 3.05) is 18.8 Å². The average molecular weight is 255 g/mol. The van der Waals surface area contributed by atoms with E-state index in [0.29, 0.717) is 11.4 Å². The zero-order valence-corrected chi connectivity index (χ0v) is 10.8. The van der Waals surface area contributed by atoms with Crippen LogP contribution in [0.25, 0.3) is 10.8 Å². The van der Waals surface area contributed by atoms with Crippen LogP contribution in [0.2, 0.25) is 0 Å². The number of benzene rings is 1. The number of nitrogen functional groups attached to an aromatic ring is 1. The number of aromatic nitrogens is 1. The fraction of sp³-hybridized carbons (Fsp3) is 0.333. The molecule has 19 heavy (non-hydrogen) atoms. The number of rotatable bonds is 1. The summed E-state index contributed by atoms with van der Waals surface area (Å²) in [6.45, 7) is 1.68. The summed E-state index contributed by atoms with van der Waals surface area (Å²) < 4.78 is 0. The van der Waals surface area contributed by atoms with Crippen molar-refractivity contribution in [1.29, 1.82) is 0 Å². The second-order valence-corrected chi connectivity index (χ2v) is 4.99. The monoisotopic (exact) mass is 255 g/mol. The molecule has 0 aliphatic carbocycles. The molecule has 0 unspecified atom stereocenters. The molecule has 1 saturated heterocycles. The summed E-state index contributed by atoms with van der Waals surface area (Å²) in [5.74, 6) is 0.0371. The number of carbonyl (C=O) groups excluding carboxylic acids is 1. The van der Waals surface area contributed by atoms with E-state index in [0.717, 1.165) is 36.7 Å². The number of hydrogen-bond acceptors (Lipinski definition) is 3. The number of fused-ring (bicyclic) bond motifs is 1. The highest BCUT2D eigenvalue weighted by Crippen LogP contribution is 2.22. The Hall–Kier alpha value is -2.10. The van der Waals surface area contributed by atoms with Gasteiger partial charge < -0.3 is 10.6 Å². The molecule has 0 saturated carbocycles. The van der Waals surface area contributed by atoms with E-state index < -0.39 is 0 Å². The first-order valence-electron chi connectivity index (χ1n) is 6.69. The zero-order chi connectivity index (χ0) is 13.2. The lowest BCUT2D eigenvalue weighted by atomic mass is 10.1. The Kier molecular flexibility index (Phi) is 3.07. The lowest BCUT2D eigenvalue weighted by Gasteiger charge is -2.26. The molecule has 2 N–H and O–H groups in total. The maximum Gasteiger partial charge on any atom is 0.273 e. The minimum atomic E-state index is 0.0371. The zero-order valence-electron chi connectivity index (χ0n) is 10.8. The first-order valence-corrected chi connectivity index (χ1v) is 6.69. The molecule has 4 heteroatoms. The Labute approximate surface area is 112 Å². The Balaban J connectivity index is 2.02. The number of anilines is 1. The van der Waals surface area contributed by atoms with Crippen LogP contribution in [0.5, 0.6) is 0 Å². The van der Waals surface area contributed by atoms with Gasteiger partial charge in [0.05, 0.1) is 0 Å². The third-order valence-corrected chi connectivity index (χ3v) is 3.63. The third-order valence-electron chi connectivity index (χ3n) is 3.63. The first kappa shape index (κ1) is 12.0. The predicted octanol–water partition coefficient (Wildman–Crippen LogP) is 2.44. The van der Waals surface area contributed by atoms with E-state index in [9.17, 15) is 4.79 Å². The quantitative estimate of drug-likeness (QED) is 0.796. The minimum absolute atomic E-state index is 0.0371. The summed E-state index contributed by atoms with van der Waals surface area (Å²) in [4.78, 5) is 18.7. The van der Waals surface area contributed by atoms with Gasteiger partial charge in [-0.25, -0.2) is 0 Å². The van der Waals surface area contributed by atoms with Crippen LogP contribution in [0.3, 0.4) is 0 Å². The number of pyridine rings is 1. The number of piperidine rings is 1. The first-order chi connectivity index (χ1) is 9.25. The average Bonchev–Trinajstić information content (AvgIpc) is 2.46. The lowest BCUT2D eigenvalue weighted by molar-refractivity contribution is 0.0720. The molecule has 0 bridgehead atoms. The van der Waals surface area contributed by atoms with E-state index in [1.807, 2.05) is 29.2 Å². The SMILES string of the molecule is Nc1ccc2c(C(=O)N3CCCCC3)nccc2c1. The van der Waals surface area contributed by atoms with Gasteiger partial charge in [-0.1, -0.05) is 0 Å². The van der Waals surface area contributed by atoms with Crippen LogP contribution in [0.1, 0.15) is 29.8 Å². The van der Waals surface area contributed by atoms with Crippen molar-refractivity contribution in [1.82, 2.24) is 9.88 Å². The van der Waals surface area contributed by atoms with E-state index in [-0.39, 0.29) is 5.91 Å². The number of likely N-dealkylation sites (tertiary alicyclic amines) is 1. The number of nitrogens with two attached hydrogens (primary N) is 1. The van der Waals surface area contributed by atoms with Crippen molar-refractivity contribution >= 4 is 22.4 Å². The molecule has 98 valence electrons. The summed E-state index contributed by atoms with van der Waals surface area (Å²) in [5, 5.41) is 1.85. The molecule has 4 nitrogen and oxygen atoms in total. The fourth-order valence-electron chi connectivity index (χ4n) is 2.61. The number of hydrogen-bond donors (Lipinski definition) is 1. The van der Waals surface area contributed by atoms with Gasteiger partial charge in [0.15, 0.2) is 0 Å². The standard InChI is InChI=1S/C15H17N3O/c16-12-4-5-13-11(10-12)6-7-17-14(13)15(19)18-8-2-1-3-9-18/h4-7,10H,1-3,8-9,16H2. The maximum atomic E-state index is 12.5. The van der Waals surface area contributed by atoms with Crippen LogP contribution in [0.4, 0.5) is 5.69 Å². The van der Waals surface area contributed by atoms with E-state index >= 15 is 0 Å². The third kappa shape index (κ3) is 2.26. The smallest absolute Gasteiger partial charge is 0.273 e. The van der Waals surface area contributed by atoms with Crippen LogP contribution in [0, 0.1) is 0 Å². The highest BCUT2D eigenvalue weighted by Gasteiger charge is 2.20. The van der Waals surface area contributed by atoms with Gasteiger partial charge in [-0.15, -0.1) is 0 Å². The molecule has 1 aromatic carbocycles. The van der Waals surface area contributed by atoms with Gasteiger partial charge in [0.2, 0.25) is 0 Å². The molecule has 3 rings (SSSR count). The van der Waals surface area contributed by atoms with Crippen molar-refractivity contribution in [3.05, 3.63) is 36.2 Å². The fourth-order valence-corrected chi connectivity index (χ4v) is 2.61. The second kappa shape index (κ2) is 4.88. The molecule has 1 aliphatic heterocycles. The predicted molar refractivity (Wildman–Crippen MR) is 75.9 cm³/mol. The van der Waals surface area contributed by atoms with Crippen molar-refractivity contribution < 1.29 is 4.79 Å². The molecular formula is C15H17N3O. The highest BCUT2D eigenvalue weighted by atomic mass is 16.2. The number of carbonyl (C=O) groups is 1. The Bertz CT molecular complexity index is 618. The van der Waals surface area contributed by atoms with Gasteiger partial charge in [0, 0.05) is 30.4 Å². The molecule has 1 aromatic heterocycles. The van der Waals surface area contributed by atoms with Gasteiger partial charge in [0.25, 0.3) is 5.91 Å². The highest BCUT2D eigenvalue weighted by molar-refractivity contribution is 6.05. The van der Waals surface area contributed by atoms with E-state index in [1.54, 1.807) is 6.20 Å². The number of amides is 1. The van der Waals surface area contributed by atoms with Crippen LogP contribution < -0.4 is 5.73 Å². The van der Waals surface area contributed by atoms with Crippen molar-refractivity contribution in [3.8, 4) is 0 Å². The summed E-state index contributed by atoms with van der Waals surface area (Å²) in [7, 11) is 0. The van der Waals surface area contributed by atoms with Gasteiger partial charge >= 0.3 is 0 Å². The molecule has 2 aromatic rings. The molecule has 0 radical (unpaired) electrons. The van der Waals surface area contributed by atoms with Gasteiger partial charge in [-0.2, -0.15) is 0 Å². The molecule has 1 aliphatic rings. The molecule has 1 fully saturated rings. The van der Waals surface area contributed by atoms with Crippen LogP contribution in [0.15, 0.2) is 30.5 Å². The summed E-state index contributed by atoms with van der Waals surface area (Å²) >= 11 is 0. The molecule has 1 amide bonds. The molecule has 0 spiro atoms. The van der Waals surface area contributed by atoms with Crippen molar-refractivity contribution in [2.24, 2.45) is 0 Å². The normalized spacial score (nSPS) is 15.7. The van der Waals surface area contributed by atoms with Gasteiger partial charge in [-0.3, -0.25) is 9.78 Å². The van der Waals surface area contributed by atoms with Crippen LogP contribution in [-0.2, 0) is 0 Å². The van der Waals surface area contributed by atoms with E-state index in [4.69, 9.17) is 5.73 Å². The van der Waals surface area contributed by atoms with Crippen molar-refractivity contribution in [3.63, 3.8) is 0 Å². The van der Waals surface area contributed by atoms with Gasteiger partial charge in [-0.05, 0) is 48.9 Å². The van der Waals surface area contributed by atoms with Crippen LogP contribution in [-0.4, -0.2) is 28.9 Å². The second-order valence-electron chi connectivity index (χ2n) is 4.99. The lowest BCUT2D eigenvalue weighted by Crippen LogP contribution is -2.36. The Morgan fingerprint density at radius 2 is 1.95 bits per heavy atom. The Morgan fingerprint density at radius 3 is 2.74 bits per heavy atom. The molecule has 0 atom stereocenters. The Morgan fingerprint density at radius 1 is 1.16 bits per heavy atom. The van der Waals surface area contributed by atoms with Crippen LogP contribution >= 0.6 is 0 Å². The van der Waals surface area contributed by atoms with E-state index in [1.165, 1.54) is 6.42 Å².